The lowest BCUT2D eigenvalue weighted by molar-refractivity contribution is -0.870. The molecule has 0 aliphatic carbocycles. The molecule has 472 valence electrons. The van der Waals surface area contributed by atoms with Crippen LogP contribution in [-0.4, -0.2) is 87.4 Å². The van der Waals surface area contributed by atoms with Gasteiger partial charge in [-0.25, -0.2) is 4.79 Å². The molecule has 85 heavy (non-hydrogen) atoms. The van der Waals surface area contributed by atoms with Gasteiger partial charge in [-0.1, -0.05) is 246 Å². The van der Waals surface area contributed by atoms with Crippen LogP contribution < -0.4 is 0 Å². The van der Waals surface area contributed by atoms with Gasteiger partial charge in [0.1, 0.15) is 13.2 Å². The van der Waals surface area contributed by atoms with E-state index in [0.717, 1.165) is 154 Å². The minimum absolute atomic E-state index is 0.163. The molecule has 2 atom stereocenters. The van der Waals surface area contributed by atoms with Crippen molar-refractivity contribution in [1.82, 2.24) is 0 Å². The maximum atomic E-state index is 12.9. The van der Waals surface area contributed by atoms with E-state index in [1.54, 1.807) is 0 Å². The number of carbonyl (C=O) groups is 3. The quantitative estimate of drug-likeness (QED) is 0.0211. The monoisotopic (exact) mass is 1170 g/mol. The van der Waals surface area contributed by atoms with E-state index in [2.05, 4.69) is 220 Å². The molecule has 0 aliphatic rings. The summed E-state index contributed by atoms with van der Waals surface area (Å²) in [7, 11) is 5.93. The smallest absolute Gasteiger partial charge is 0.361 e. The van der Waals surface area contributed by atoms with Crippen LogP contribution in [0.1, 0.15) is 194 Å². The molecule has 0 rings (SSSR count). The lowest BCUT2D eigenvalue weighted by Crippen LogP contribution is -2.40. The number of quaternary nitrogens is 1. The summed E-state index contributed by atoms with van der Waals surface area (Å²) < 4.78 is 22.8. The molecule has 0 heterocycles. The van der Waals surface area contributed by atoms with Gasteiger partial charge in [0.05, 0.1) is 34.4 Å². The van der Waals surface area contributed by atoms with Crippen molar-refractivity contribution in [3.05, 3.63) is 207 Å². The number of hydrogen-bond donors (Lipinski definition) is 1. The van der Waals surface area contributed by atoms with Crippen molar-refractivity contribution in [2.45, 2.75) is 206 Å². The van der Waals surface area contributed by atoms with Crippen LogP contribution >= 0.6 is 0 Å². The average Bonchev–Trinajstić information content (AvgIpc) is 3.48. The second-order valence-electron chi connectivity index (χ2n) is 21.6. The first-order valence-electron chi connectivity index (χ1n) is 32.2. The lowest BCUT2D eigenvalue weighted by Gasteiger charge is -2.25. The van der Waals surface area contributed by atoms with Gasteiger partial charge in [-0.05, 0) is 141 Å². The van der Waals surface area contributed by atoms with E-state index >= 15 is 0 Å². The molecule has 1 N–H and O–H groups in total. The van der Waals surface area contributed by atoms with E-state index in [9.17, 15) is 19.5 Å². The van der Waals surface area contributed by atoms with Crippen LogP contribution in [0, 0.1) is 0 Å². The summed E-state index contributed by atoms with van der Waals surface area (Å²) in [5.41, 5.74) is 0. The Morgan fingerprint density at radius 3 is 0.976 bits per heavy atom. The van der Waals surface area contributed by atoms with Gasteiger partial charge in [-0.2, -0.15) is 0 Å². The second-order valence-corrected chi connectivity index (χ2v) is 21.6. The van der Waals surface area contributed by atoms with E-state index in [-0.39, 0.29) is 32.7 Å². The van der Waals surface area contributed by atoms with Gasteiger partial charge < -0.3 is 28.5 Å². The number of nitrogens with zero attached hydrogens (tertiary/aromatic N) is 1. The number of carbonyl (C=O) groups excluding carboxylic acids is 2. The van der Waals surface area contributed by atoms with Crippen molar-refractivity contribution < 1.29 is 42.9 Å². The molecule has 0 saturated heterocycles. The highest BCUT2D eigenvalue weighted by atomic mass is 16.7. The molecule has 2 unspecified atom stereocenters. The Morgan fingerprint density at radius 1 is 0.353 bits per heavy atom. The highest BCUT2D eigenvalue weighted by Gasteiger charge is 2.25. The van der Waals surface area contributed by atoms with Crippen LogP contribution in [-0.2, 0) is 33.3 Å². The SMILES string of the molecule is CC/C=C\C/C=C\C/C=C\C/C=C\C/C=C\C/C=C\C/C=C\C/C=C\C/C=C\C/C=C\CCCCCCCCC(=O)OC(COC(=O)CCC/C=C\C/C=C\C/C=C\C/C=C\C/C=C\C/C=C\C/C=C\CC)COC(OCC[N+](C)(C)C)C(=O)O. The lowest BCUT2D eigenvalue weighted by atomic mass is 10.1. The highest BCUT2D eigenvalue weighted by Crippen LogP contribution is 2.12. The molecular weight excluding hydrogens is 1050 g/mol. The number of likely N-dealkylation sites (N-methyl/N-ethyl adjacent to an activating group) is 1. The van der Waals surface area contributed by atoms with E-state index in [1.807, 2.05) is 21.1 Å². The fraction of sp³-hybridized carbons (Fsp3) is 0.513. The number of ether oxygens (including phenoxy) is 4. The largest absolute Gasteiger partial charge is 0.477 e. The Hall–Kier alpha value is -6.13. The third kappa shape index (κ3) is 65.3. The van der Waals surface area contributed by atoms with Crippen LogP contribution in [0.25, 0.3) is 0 Å². The zero-order valence-electron chi connectivity index (χ0n) is 53.7. The molecular formula is C76H116NO8+. The van der Waals surface area contributed by atoms with Crippen molar-refractivity contribution in [2.75, 3.05) is 47.5 Å². The number of carboxylic acid groups (broad SMARTS) is 1. The second kappa shape index (κ2) is 63.9. The summed E-state index contributed by atoms with van der Waals surface area (Å²) in [6, 6.07) is 0. The molecule has 0 aromatic heterocycles. The Bertz CT molecular complexity index is 2140. The minimum Gasteiger partial charge on any atom is -0.477 e. The zero-order valence-corrected chi connectivity index (χ0v) is 53.7. The summed E-state index contributed by atoms with van der Waals surface area (Å²) in [5.74, 6) is -2.14. The number of aliphatic carboxylic acids is 1. The van der Waals surface area contributed by atoms with Crippen molar-refractivity contribution in [2.24, 2.45) is 0 Å². The zero-order chi connectivity index (χ0) is 61.9. The number of unbranched alkanes of at least 4 members (excludes halogenated alkanes) is 7. The van der Waals surface area contributed by atoms with Gasteiger partial charge in [0.15, 0.2) is 6.10 Å². The molecule has 9 heteroatoms. The summed E-state index contributed by atoms with van der Waals surface area (Å²) in [6.45, 7) is 4.52. The third-order valence-electron chi connectivity index (χ3n) is 12.5. The maximum absolute atomic E-state index is 12.9. The Balaban J connectivity index is 4.36. The van der Waals surface area contributed by atoms with E-state index in [0.29, 0.717) is 23.9 Å². The number of carboxylic acids is 1. The van der Waals surface area contributed by atoms with Crippen molar-refractivity contribution in [3.63, 3.8) is 0 Å². The predicted molar refractivity (Wildman–Crippen MR) is 363 cm³/mol. The number of rotatable bonds is 56. The first-order chi connectivity index (χ1) is 41.6. The van der Waals surface area contributed by atoms with Crippen LogP contribution in [0.15, 0.2) is 207 Å². The Morgan fingerprint density at radius 2 is 0.647 bits per heavy atom. The van der Waals surface area contributed by atoms with Crippen LogP contribution in [0.2, 0.25) is 0 Å². The first-order valence-corrected chi connectivity index (χ1v) is 32.2. The summed E-state index contributed by atoms with van der Waals surface area (Å²) in [4.78, 5) is 37.5. The fourth-order valence-electron chi connectivity index (χ4n) is 7.68. The van der Waals surface area contributed by atoms with Crippen molar-refractivity contribution in [3.8, 4) is 0 Å². The summed E-state index contributed by atoms with van der Waals surface area (Å²) in [6.07, 6.45) is 97.8. The molecule has 0 fully saturated rings. The summed E-state index contributed by atoms with van der Waals surface area (Å²) >= 11 is 0. The van der Waals surface area contributed by atoms with Gasteiger partial charge >= 0.3 is 17.9 Å². The number of allylic oxidation sites excluding steroid dienone is 34. The summed E-state index contributed by atoms with van der Waals surface area (Å²) in [5, 5.41) is 9.72. The van der Waals surface area contributed by atoms with Crippen molar-refractivity contribution >= 4 is 17.9 Å². The van der Waals surface area contributed by atoms with Crippen molar-refractivity contribution in [1.29, 1.82) is 0 Å². The highest BCUT2D eigenvalue weighted by molar-refractivity contribution is 5.71. The predicted octanol–water partition coefficient (Wildman–Crippen LogP) is 20.0. The Kier molecular flexibility index (Phi) is 59.3. The normalized spacial score (nSPS) is 14.1. The van der Waals surface area contributed by atoms with Crippen LogP contribution in [0.4, 0.5) is 0 Å². The average molecular weight is 1170 g/mol. The third-order valence-corrected chi connectivity index (χ3v) is 12.5. The maximum Gasteiger partial charge on any atom is 0.361 e. The van der Waals surface area contributed by atoms with E-state index < -0.39 is 30.3 Å². The topological polar surface area (TPSA) is 108 Å². The molecule has 0 saturated carbocycles. The van der Waals surface area contributed by atoms with E-state index in [4.69, 9.17) is 18.9 Å². The van der Waals surface area contributed by atoms with E-state index in [1.165, 1.54) is 0 Å². The van der Waals surface area contributed by atoms with Crippen LogP contribution in [0.5, 0.6) is 0 Å². The Labute approximate surface area is 518 Å². The van der Waals surface area contributed by atoms with Gasteiger partial charge in [-0.3, -0.25) is 9.59 Å². The van der Waals surface area contributed by atoms with Crippen LogP contribution in [0.3, 0.4) is 0 Å². The molecule has 0 aromatic carbocycles. The molecule has 0 aromatic rings. The molecule has 0 spiro atoms. The number of hydrogen-bond acceptors (Lipinski definition) is 7. The minimum atomic E-state index is -1.54. The molecule has 0 radical (unpaired) electrons. The molecule has 0 amide bonds. The molecule has 9 nitrogen and oxygen atoms in total. The standard InChI is InChI=1S/C76H115NO8/c1-6-8-10-12-14-16-18-20-22-24-26-28-30-31-32-33-34-35-36-37-38-39-40-41-42-43-45-47-49-51-53-55-57-59-61-63-65-67-74(79)85-72(71-84-76(75(80)81)82-69-68-77(3,4)5)70-83-73(78)66-64-62-60-58-56-54-52-50-48-46-44-29-27-25-23-21-19-17-15-13-11-9-7-2/h8-11,14-17,20-23,26-29,31-32,34-35,37-38,40-41,43,45-46,48-49,51-52,54,58,60,72,76H,6-7,12-13,18-19,24-25,30,33,36,39,42,44,47,50,53,55-57,59,61-71H2,1-5H3/p+1/b10-8-,11-9-,16-14-,17-15-,22-20-,23-21-,28-26-,29-27-,32-31-,35-34-,38-37-,41-40-,45-43-,48-46-,51-49-,54-52-,60-58-. The first kappa shape index (κ1) is 78.9. The molecule has 0 bridgehead atoms. The van der Waals surface area contributed by atoms with Gasteiger partial charge in [0.25, 0.3) is 6.29 Å². The fourth-order valence-corrected chi connectivity index (χ4v) is 7.68. The van der Waals surface area contributed by atoms with Gasteiger partial charge in [0.2, 0.25) is 0 Å². The number of esters is 2. The van der Waals surface area contributed by atoms with Gasteiger partial charge in [0, 0.05) is 12.8 Å². The van der Waals surface area contributed by atoms with Gasteiger partial charge in [-0.15, -0.1) is 0 Å². The molecule has 0 aliphatic heterocycles.